The van der Waals surface area contributed by atoms with Gasteiger partial charge in [-0.15, -0.1) is 0 Å². The minimum atomic E-state index is -1.15. The molecule has 3 aromatic rings. The van der Waals surface area contributed by atoms with Crippen LogP contribution in [0.2, 0.25) is 0 Å². The van der Waals surface area contributed by atoms with E-state index in [1.807, 2.05) is 74.5 Å². The SMILES string of the molecule is CC[C@H](C)[C@H](NCCc1ccccc1)C(=O)NC(=O)[C@H](Cc1ccc(O)cc1)NC(=O)[C@@H](NC(=O)OCc1ccccc1)C(C)C. The van der Waals surface area contributed by atoms with E-state index in [0.717, 1.165) is 11.1 Å². The van der Waals surface area contributed by atoms with Crippen LogP contribution in [0.25, 0.3) is 0 Å². The molecule has 0 saturated carbocycles. The Labute approximate surface area is 271 Å². The lowest BCUT2D eigenvalue weighted by atomic mass is 9.97. The van der Waals surface area contributed by atoms with Crippen LogP contribution in [0, 0.1) is 11.8 Å². The molecule has 0 aromatic heterocycles. The summed E-state index contributed by atoms with van der Waals surface area (Å²) < 4.78 is 5.31. The lowest BCUT2D eigenvalue weighted by molar-refractivity contribution is -0.136. The zero-order valence-corrected chi connectivity index (χ0v) is 27.0. The molecule has 0 spiro atoms. The standard InChI is InChI=1S/C36H46N4O6/c1-5-25(4)32(37-21-20-26-12-8-6-9-13-26)35(44)40-33(42)30(22-27-16-18-29(41)19-17-27)38-34(43)31(24(2)3)39-36(45)46-23-28-14-10-7-11-15-28/h6-19,24-25,30-32,37,41H,5,20-23H2,1-4H3,(H,38,43)(H,39,45)(H,40,42,44)/t25-,30-,31-,32-/m0/s1. The van der Waals surface area contributed by atoms with Crippen LogP contribution in [0.4, 0.5) is 4.79 Å². The molecule has 4 amide bonds. The van der Waals surface area contributed by atoms with Gasteiger partial charge < -0.3 is 25.8 Å². The van der Waals surface area contributed by atoms with Crippen molar-refractivity contribution >= 4 is 23.8 Å². The molecule has 0 saturated heterocycles. The van der Waals surface area contributed by atoms with Crippen LogP contribution in [0.15, 0.2) is 84.9 Å². The normalized spacial score (nSPS) is 13.6. The Kier molecular flexibility index (Phi) is 14.2. The third kappa shape index (κ3) is 11.7. The number of aromatic hydroxyl groups is 1. The van der Waals surface area contributed by atoms with Crippen LogP contribution in [0.1, 0.15) is 50.8 Å². The molecular weight excluding hydrogens is 584 g/mol. The zero-order valence-electron chi connectivity index (χ0n) is 27.0. The summed E-state index contributed by atoms with van der Waals surface area (Å²) in [6.45, 7) is 8.01. The van der Waals surface area contributed by atoms with Crippen molar-refractivity contribution in [2.75, 3.05) is 6.54 Å². The van der Waals surface area contributed by atoms with Crippen molar-refractivity contribution in [3.8, 4) is 5.75 Å². The topological polar surface area (TPSA) is 146 Å². The minimum Gasteiger partial charge on any atom is -0.508 e. The molecule has 3 rings (SSSR count). The number of alkyl carbamates (subject to hydrolysis) is 1. The number of hydrogen-bond acceptors (Lipinski definition) is 7. The van der Waals surface area contributed by atoms with Crippen LogP contribution in [0.5, 0.6) is 5.75 Å². The Morgan fingerprint density at radius 2 is 1.33 bits per heavy atom. The monoisotopic (exact) mass is 630 g/mol. The number of carbonyl (C=O) groups is 4. The third-order valence-corrected chi connectivity index (χ3v) is 7.81. The highest BCUT2D eigenvalue weighted by Gasteiger charge is 2.32. The molecule has 10 heteroatoms. The molecule has 0 aliphatic heterocycles. The van der Waals surface area contributed by atoms with Crippen molar-refractivity contribution in [1.29, 1.82) is 0 Å². The maximum atomic E-state index is 13.6. The van der Waals surface area contributed by atoms with Gasteiger partial charge in [-0.1, -0.05) is 107 Å². The van der Waals surface area contributed by atoms with E-state index < -0.39 is 41.9 Å². The number of carbonyl (C=O) groups excluding carboxylic acids is 4. The molecule has 0 aliphatic carbocycles. The molecule has 10 nitrogen and oxygen atoms in total. The minimum absolute atomic E-state index is 0.0316. The number of hydrogen-bond donors (Lipinski definition) is 5. The van der Waals surface area contributed by atoms with E-state index in [0.29, 0.717) is 24.9 Å². The highest BCUT2D eigenvalue weighted by Crippen LogP contribution is 2.14. The lowest BCUT2D eigenvalue weighted by Crippen LogP contribution is -2.58. The fourth-order valence-electron chi connectivity index (χ4n) is 4.86. The first kappa shape index (κ1) is 35.8. The van der Waals surface area contributed by atoms with Crippen LogP contribution in [-0.2, 0) is 38.6 Å². The molecule has 4 atom stereocenters. The average molecular weight is 631 g/mol. The Morgan fingerprint density at radius 1 is 0.717 bits per heavy atom. The van der Waals surface area contributed by atoms with Gasteiger partial charge in [0.2, 0.25) is 17.7 Å². The summed E-state index contributed by atoms with van der Waals surface area (Å²) in [5.41, 5.74) is 2.58. The Bertz CT molecular complexity index is 1400. The zero-order chi connectivity index (χ0) is 33.5. The fraction of sp³-hybridized carbons (Fsp3) is 0.389. The molecule has 0 bridgehead atoms. The van der Waals surface area contributed by atoms with Crippen molar-refractivity contribution in [2.45, 2.75) is 71.7 Å². The van der Waals surface area contributed by atoms with Gasteiger partial charge in [-0.3, -0.25) is 19.7 Å². The molecule has 46 heavy (non-hydrogen) atoms. The van der Waals surface area contributed by atoms with Crippen LogP contribution >= 0.6 is 0 Å². The summed E-state index contributed by atoms with van der Waals surface area (Å²) in [7, 11) is 0. The smallest absolute Gasteiger partial charge is 0.408 e. The van der Waals surface area contributed by atoms with Gasteiger partial charge in [0.25, 0.3) is 0 Å². The second-order valence-corrected chi connectivity index (χ2v) is 11.8. The third-order valence-electron chi connectivity index (χ3n) is 7.81. The average Bonchev–Trinajstić information content (AvgIpc) is 3.05. The molecule has 0 aliphatic rings. The first-order valence-corrected chi connectivity index (χ1v) is 15.7. The Hall–Kier alpha value is -4.70. The number of nitrogens with one attached hydrogen (secondary N) is 4. The number of amides is 4. The van der Waals surface area contributed by atoms with Crippen molar-refractivity contribution in [2.24, 2.45) is 11.8 Å². The van der Waals surface area contributed by atoms with Gasteiger partial charge in [0.15, 0.2) is 0 Å². The summed E-state index contributed by atoms with van der Waals surface area (Å²) in [5.74, 6) is -2.12. The molecule has 246 valence electrons. The van der Waals surface area contributed by atoms with Crippen molar-refractivity contribution in [3.05, 3.63) is 102 Å². The number of imide groups is 1. The molecule has 3 aromatic carbocycles. The van der Waals surface area contributed by atoms with Crippen molar-refractivity contribution < 1.29 is 29.0 Å². The molecule has 0 fully saturated rings. The molecule has 0 radical (unpaired) electrons. The number of ether oxygens (including phenoxy) is 1. The Balaban J connectivity index is 1.71. The second-order valence-electron chi connectivity index (χ2n) is 11.8. The molecule has 5 N–H and O–H groups in total. The van der Waals surface area contributed by atoms with E-state index >= 15 is 0 Å². The van der Waals surface area contributed by atoms with E-state index in [1.165, 1.54) is 12.1 Å². The summed E-state index contributed by atoms with van der Waals surface area (Å²) in [5, 5.41) is 20.9. The highest BCUT2D eigenvalue weighted by molar-refractivity contribution is 6.01. The van der Waals surface area contributed by atoms with Gasteiger partial charge in [0, 0.05) is 6.42 Å². The van der Waals surface area contributed by atoms with Crippen molar-refractivity contribution in [3.63, 3.8) is 0 Å². The van der Waals surface area contributed by atoms with Crippen LogP contribution in [0.3, 0.4) is 0 Å². The largest absolute Gasteiger partial charge is 0.508 e. The van der Waals surface area contributed by atoms with E-state index in [4.69, 9.17) is 4.74 Å². The van der Waals surface area contributed by atoms with E-state index in [2.05, 4.69) is 21.3 Å². The predicted molar refractivity (Wildman–Crippen MR) is 177 cm³/mol. The molecule has 0 heterocycles. The summed E-state index contributed by atoms with van der Waals surface area (Å²) >= 11 is 0. The molecule has 0 unspecified atom stereocenters. The Morgan fingerprint density at radius 3 is 1.91 bits per heavy atom. The summed E-state index contributed by atoms with van der Waals surface area (Å²) in [4.78, 5) is 53.2. The van der Waals surface area contributed by atoms with E-state index in [1.54, 1.807) is 26.0 Å². The maximum absolute atomic E-state index is 13.6. The van der Waals surface area contributed by atoms with Gasteiger partial charge in [-0.25, -0.2) is 4.79 Å². The fourth-order valence-corrected chi connectivity index (χ4v) is 4.86. The van der Waals surface area contributed by atoms with Gasteiger partial charge in [0.05, 0.1) is 6.04 Å². The molecular formula is C36H46N4O6. The van der Waals surface area contributed by atoms with Crippen LogP contribution in [-0.4, -0.2) is 53.6 Å². The maximum Gasteiger partial charge on any atom is 0.408 e. The number of phenols is 1. The predicted octanol–water partition coefficient (Wildman–Crippen LogP) is 4.26. The number of benzene rings is 3. The van der Waals surface area contributed by atoms with Gasteiger partial charge in [0.1, 0.15) is 24.4 Å². The van der Waals surface area contributed by atoms with Gasteiger partial charge in [-0.2, -0.15) is 0 Å². The summed E-state index contributed by atoms with van der Waals surface area (Å²) in [6, 6.07) is 22.5. The van der Waals surface area contributed by atoms with Gasteiger partial charge >= 0.3 is 6.09 Å². The first-order chi connectivity index (χ1) is 22.1. The quantitative estimate of drug-likeness (QED) is 0.159. The van der Waals surface area contributed by atoms with E-state index in [9.17, 15) is 24.3 Å². The first-order valence-electron chi connectivity index (χ1n) is 15.7. The number of rotatable bonds is 16. The lowest BCUT2D eigenvalue weighted by Gasteiger charge is -2.27. The highest BCUT2D eigenvalue weighted by atomic mass is 16.5. The van der Waals surface area contributed by atoms with Crippen LogP contribution < -0.4 is 21.3 Å². The van der Waals surface area contributed by atoms with Crippen molar-refractivity contribution in [1.82, 2.24) is 21.3 Å². The van der Waals surface area contributed by atoms with E-state index in [-0.39, 0.29) is 30.6 Å². The second kappa shape index (κ2) is 18.3. The number of phenolic OH excluding ortho intramolecular Hbond substituents is 1. The summed E-state index contributed by atoms with van der Waals surface area (Å²) in [6.07, 6.45) is 0.696. The van der Waals surface area contributed by atoms with Gasteiger partial charge in [-0.05, 0) is 53.6 Å².